The third kappa shape index (κ3) is 4.90. The molecule has 1 N–H and O–H groups in total. The summed E-state index contributed by atoms with van der Waals surface area (Å²) in [6, 6.07) is 12.5. The Labute approximate surface area is 164 Å². The van der Waals surface area contributed by atoms with Gasteiger partial charge in [0.05, 0.1) is 20.6 Å². The van der Waals surface area contributed by atoms with Gasteiger partial charge in [0.25, 0.3) is 10.0 Å². The highest BCUT2D eigenvalue weighted by Gasteiger charge is 2.29. The Morgan fingerprint density at radius 2 is 1.73 bits per heavy atom. The van der Waals surface area contributed by atoms with E-state index in [0.29, 0.717) is 6.54 Å². The molecule has 0 bridgehead atoms. The van der Waals surface area contributed by atoms with Crippen LogP contribution in [0.1, 0.15) is 13.8 Å². The Bertz CT molecular complexity index is 871. The van der Waals surface area contributed by atoms with Crippen LogP contribution in [0.25, 0.3) is 0 Å². The summed E-state index contributed by atoms with van der Waals surface area (Å²) in [5.41, 5.74) is 0.155. The van der Waals surface area contributed by atoms with Crippen molar-refractivity contribution in [2.45, 2.75) is 18.7 Å². The van der Waals surface area contributed by atoms with Gasteiger partial charge in [-0.3, -0.25) is 9.10 Å². The summed E-state index contributed by atoms with van der Waals surface area (Å²) >= 11 is 12.3. The molecule has 0 saturated carbocycles. The largest absolute Gasteiger partial charge is 0.354 e. The summed E-state index contributed by atoms with van der Waals surface area (Å²) < 4.78 is 27.2. The summed E-state index contributed by atoms with van der Waals surface area (Å²) in [5, 5.41) is 3.00. The molecule has 0 fully saturated rings. The van der Waals surface area contributed by atoms with Crippen LogP contribution >= 0.6 is 23.2 Å². The molecule has 0 spiro atoms. The van der Waals surface area contributed by atoms with Crippen molar-refractivity contribution < 1.29 is 13.2 Å². The van der Waals surface area contributed by atoms with Gasteiger partial charge in [-0.1, -0.05) is 61.3 Å². The van der Waals surface area contributed by atoms with E-state index in [2.05, 4.69) is 5.32 Å². The Morgan fingerprint density at radius 1 is 1.08 bits per heavy atom. The molecule has 5 nitrogen and oxygen atoms in total. The summed E-state index contributed by atoms with van der Waals surface area (Å²) in [6.45, 7) is 3.95. The molecular weight excluding hydrogens is 395 g/mol. The van der Waals surface area contributed by atoms with E-state index in [1.54, 1.807) is 30.3 Å². The highest BCUT2D eigenvalue weighted by molar-refractivity contribution is 7.92. The number of halogens is 2. The fourth-order valence-corrected chi connectivity index (χ4v) is 4.11. The first kappa shape index (κ1) is 20.6. The second kappa shape index (κ2) is 8.75. The maximum atomic E-state index is 13.1. The summed E-state index contributed by atoms with van der Waals surface area (Å²) in [6.07, 6.45) is 0. The van der Waals surface area contributed by atoms with Gasteiger partial charge in [-0.2, -0.15) is 0 Å². The normalized spacial score (nSPS) is 11.4. The van der Waals surface area contributed by atoms with Crippen LogP contribution < -0.4 is 9.62 Å². The minimum absolute atomic E-state index is 0.0627. The first-order valence-corrected chi connectivity index (χ1v) is 10.2. The van der Waals surface area contributed by atoms with Crippen LogP contribution in [0.3, 0.4) is 0 Å². The molecule has 0 aliphatic heterocycles. The summed E-state index contributed by atoms with van der Waals surface area (Å²) in [5.74, 6) is -0.179. The van der Waals surface area contributed by atoms with E-state index in [1.165, 1.54) is 18.2 Å². The molecule has 8 heteroatoms. The zero-order chi connectivity index (χ0) is 19.3. The molecule has 140 valence electrons. The van der Waals surface area contributed by atoms with Crippen molar-refractivity contribution in [3.63, 3.8) is 0 Å². The van der Waals surface area contributed by atoms with Gasteiger partial charge < -0.3 is 5.32 Å². The van der Waals surface area contributed by atoms with Crippen molar-refractivity contribution >= 4 is 44.8 Å². The van der Waals surface area contributed by atoms with Crippen molar-refractivity contribution in [1.82, 2.24) is 5.32 Å². The smallest absolute Gasteiger partial charge is 0.264 e. The first-order chi connectivity index (χ1) is 12.2. The molecule has 0 atom stereocenters. The van der Waals surface area contributed by atoms with Gasteiger partial charge in [0.15, 0.2) is 0 Å². The first-order valence-electron chi connectivity index (χ1n) is 8.02. The third-order valence-corrected chi connectivity index (χ3v) is 6.11. The fraction of sp³-hybridized carbons (Fsp3) is 0.278. The van der Waals surface area contributed by atoms with Gasteiger partial charge in [0, 0.05) is 6.54 Å². The lowest BCUT2D eigenvalue weighted by molar-refractivity contribution is -0.119. The van der Waals surface area contributed by atoms with E-state index in [-0.39, 0.29) is 26.5 Å². The summed E-state index contributed by atoms with van der Waals surface area (Å²) in [7, 11) is -4.00. The average molecular weight is 415 g/mol. The van der Waals surface area contributed by atoms with Crippen molar-refractivity contribution in [3.8, 4) is 0 Å². The molecule has 0 aliphatic carbocycles. The van der Waals surface area contributed by atoms with E-state index in [1.807, 2.05) is 13.8 Å². The number of carbonyl (C=O) groups excluding carboxylic acids is 1. The van der Waals surface area contributed by atoms with Crippen LogP contribution in [0.15, 0.2) is 53.4 Å². The minimum atomic E-state index is -4.00. The minimum Gasteiger partial charge on any atom is -0.354 e. The lowest BCUT2D eigenvalue weighted by Crippen LogP contribution is -2.42. The number of carbonyl (C=O) groups is 1. The average Bonchev–Trinajstić information content (AvgIpc) is 2.61. The molecule has 0 aliphatic rings. The predicted molar refractivity (Wildman–Crippen MR) is 105 cm³/mol. The number of nitrogens with one attached hydrogen (secondary N) is 1. The molecule has 1 amide bonds. The SMILES string of the molecule is CC(C)CNC(=O)CN(c1cccc(Cl)c1Cl)S(=O)(=O)c1ccccc1. The molecule has 0 radical (unpaired) electrons. The Balaban J connectivity index is 2.45. The topological polar surface area (TPSA) is 66.5 Å². The molecule has 2 rings (SSSR count). The number of amides is 1. The van der Waals surface area contributed by atoms with E-state index in [4.69, 9.17) is 23.2 Å². The maximum absolute atomic E-state index is 13.1. The lowest BCUT2D eigenvalue weighted by atomic mass is 10.2. The zero-order valence-electron chi connectivity index (χ0n) is 14.4. The van der Waals surface area contributed by atoms with Crippen LogP contribution in [-0.4, -0.2) is 27.4 Å². The molecule has 2 aromatic carbocycles. The maximum Gasteiger partial charge on any atom is 0.264 e. The number of hydrogen-bond donors (Lipinski definition) is 1. The second-order valence-electron chi connectivity index (χ2n) is 6.10. The monoisotopic (exact) mass is 414 g/mol. The van der Waals surface area contributed by atoms with Crippen molar-refractivity contribution in [1.29, 1.82) is 0 Å². The number of benzene rings is 2. The van der Waals surface area contributed by atoms with Crippen molar-refractivity contribution in [2.24, 2.45) is 5.92 Å². The Morgan fingerprint density at radius 3 is 2.35 bits per heavy atom. The van der Waals surface area contributed by atoms with Crippen LogP contribution in [-0.2, 0) is 14.8 Å². The second-order valence-corrected chi connectivity index (χ2v) is 8.74. The molecule has 0 heterocycles. The predicted octanol–water partition coefficient (Wildman–Crippen LogP) is 3.96. The zero-order valence-corrected chi connectivity index (χ0v) is 16.8. The van der Waals surface area contributed by atoms with E-state index in [9.17, 15) is 13.2 Å². The standard InChI is InChI=1S/C18H20Cl2N2O3S/c1-13(2)11-21-17(23)12-22(16-10-6-9-15(19)18(16)20)26(24,25)14-7-4-3-5-8-14/h3-10,13H,11-12H2,1-2H3,(H,21,23). The number of rotatable bonds is 7. The van der Waals surface area contributed by atoms with E-state index >= 15 is 0 Å². The summed E-state index contributed by atoms with van der Waals surface area (Å²) in [4.78, 5) is 12.4. The number of sulfonamides is 1. The lowest BCUT2D eigenvalue weighted by Gasteiger charge is -2.25. The highest BCUT2D eigenvalue weighted by atomic mass is 35.5. The number of nitrogens with zero attached hydrogens (tertiary/aromatic N) is 1. The van der Waals surface area contributed by atoms with Gasteiger partial charge in [0.2, 0.25) is 5.91 Å². The number of hydrogen-bond acceptors (Lipinski definition) is 3. The molecule has 0 saturated heterocycles. The van der Waals surface area contributed by atoms with E-state index in [0.717, 1.165) is 4.31 Å². The molecular formula is C18H20Cl2N2O3S. The fourth-order valence-electron chi connectivity index (χ4n) is 2.21. The van der Waals surface area contributed by atoms with Crippen molar-refractivity contribution in [3.05, 3.63) is 58.6 Å². The molecule has 0 unspecified atom stereocenters. The Hall–Kier alpha value is -1.76. The van der Waals surface area contributed by atoms with E-state index < -0.39 is 22.5 Å². The van der Waals surface area contributed by atoms with Gasteiger partial charge in [-0.15, -0.1) is 0 Å². The van der Waals surface area contributed by atoms with Crippen LogP contribution in [0.5, 0.6) is 0 Å². The third-order valence-electron chi connectivity index (χ3n) is 3.53. The highest BCUT2D eigenvalue weighted by Crippen LogP contribution is 2.35. The molecule has 2 aromatic rings. The van der Waals surface area contributed by atoms with Gasteiger partial charge in [-0.05, 0) is 30.2 Å². The van der Waals surface area contributed by atoms with Crippen LogP contribution in [0.4, 0.5) is 5.69 Å². The van der Waals surface area contributed by atoms with Gasteiger partial charge in [-0.25, -0.2) is 8.42 Å². The van der Waals surface area contributed by atoms with Crippen molar-refractivity contribution in [2.75, 3.05) is 17.4 Å². The molecule has 0 aromatic heterocycles. The number of anilines is 1. The quantitative estimate of drug-likeness (QED) is 0.745. The molecule has 26 heavy (non-hydrogen) atoms. The van der Waals surface area contributed by atoms with Gasteiger partial charge >= 0.3 is 0 Å². The Kier molecular flexibility index (Phi) is 6.92. The van der Waals surface area contributed by atoms with Gasteiger partial charge in [0.1, 0.15) is 6.54 Å². The van der Waals surface area contributed by atoms with Crippen LogP contribution in [0, 0.1) is 5.92 Å². The van der Waals surface area contributed by atoms with Crippen LogP contribution in [0.2, 0.25) is 10.0 Å².